The second-order valence-electron chi connectivity index (χ2n) is 5.34. The molecule has 25 heavy (non-hydrogen) atoms. The summed E-state index contributed by atoms with van der Waals surface area (Å²) >= 11 is 0. The summed E-state index contributed by atoms with van der Waals surface area (Å²) in [6, 6.07) is 0. The van der Waals surface area contributed by atoms with Crippen LogP contribution in [0.1, 0.15) is 6.92 Å². The molecule has 0 heterocycles. The number of hydrogen-bond donors (Lipinski definition) is 0. The Morgan fingerprint density at radius 1 is 0.560 bits per heavy atom. The van der Waals surface area contributed by atoms with Crippen molar-refractivity contribution in [1.29, 1.82) is 0 Å². The molecule has 0 radical (unpaired) electrons. The van der Waals surface area contributed by atoms with Gasteiger partial charge in [-0.25, -0.2) is 0 Å². The lowest BCUT2D eigenvalue weighted by Crippen LogP contribution is -2.49. The van der Waals surface area contributed by atoms with E-state index in [0.717, 1.165) is 9.80 Å². The molecule has 0 aliphatic carbocycles. The van der Waals surface area contributed by atoms with Gasteiger partial charge in [-0.1, -0.05) is 6.92 Å². The molecule has 0 aliphatic heterocycles. The second-order valence-corrected chi connectivity index (χ2v) is 5.34. The molecule has 0 N–H and O–H groups in total. The van der Waals surface area contributed by atoms with E-state index in [1.54, 1.807) is 11.8 Å². The minimum atomic E-state index is -1.42. The zero-order chi connectivity index (χ0) is 19.4. The maximum Gasteiger partial charge on any atom is 0.0555 e. The first kappa shape index (κ1) is 22.8. The summed E-state index contributed by atoms with van der Waals surface area (Å²) < 4.78 is 0. The first-order chi connectivity index (χ1) is 11.6. The van der Waals surface area contributed by atoms with Gasteiger partial charge in [0.15, 0.2) is 0 Å². The van der Waals surface area contributed by atoms with Crippen molar-refractivity contribution >= 4 is 23.9 Å². The summed E-state index contributed by atoms with van der Waals surface area (Å²) in [5.74, 6) is -5.67. The number of carbonyl (C=O) groups is 4. The van der Waals surface area contributed by atoms with Gasteiger partial charge in [0, 0.05) is 52.4 Å². The average Bonchev–Trinajstić information content (AvgIpc) is 2.44. The van der Waals surface area contributed by atoms with Gasteiger partial charge in [0.2, 0.25) is 0 Å². The van der Waals surface area contributed by atoms with Crippen LogP contribution in [0.4, 0.5) is 0 Å². The molecule has 0 amide bonds. The largest absolute Gasteiger partial charge is 0.549 e. The van der Waals surface area contributed by atoms with Crippen LogP contribution in [0.2, 0.25) is 0 Å². The maximum absolute atomic E-state index is 10.6. The van der Waals surface area contributed by atoms with E-state index in [2.05, 4.69) is 0 Å². The second kappa shape index (κ2) is 12.2. The van der Waals surface area contributed by atoms with Crippen LogP contribution < -0.4 is 20.4 Å². The van der Waals surface area contributed by atoms with E-state index >= 15 is 0 Å². The average molecular weight is 359 g/mol. The molecule has 0 aromatic carbocycles. The third-order valence-electron chi connectivity index (χ3n) is 3.32. The lowest BCUT2D eigenvalue weighted by molar-refractivity contribution is -0.312. The van der Waals surface area contributed by atoms with Gasteiger partial charge in [-0.2, -0.15) is 0 Å². The first-order valence-electron chi connectivity index (χ1n) is 7.60. The number of carboxylic acids is 4. The fourth-order valence-electron chi connectivity index (χ4n) is 2.15. The van der Waals surface area contributed by atoms with Crippen LogP contribution in [0.5, 0.6) is 0 Å². The molecule has 0 aromatic heterocycles. The predicted molar refractivity (Wildman–Crippen MR) is 75.0 cm³/mol. The fourth-order valence-corrected chi connectivity index (χ4v) is 2.15. The summed E-state index contributed by atoms with van der Waals surface area (Å²) in [7, 11) is 0. The molecule has 144 valence electrons. The van der Waals surface area contributed by atoms with E-state index in [-0.39, 0.29) is 13.1 Å². The molecule has 0 saturated carbocycles. The number of carbonyl (C=O) groups excluding carboxylic acids is 4. The minimum Gasteiger partial charge on any atom is -0.549 e. The molecule has 11 heteroatoms. The van der Waals surface area contributed by atoms with Crippen molar-refractivity contribution in [3.63, 3.8) is 0 Å². The number of carboxylic acid groups (broad SMARTS) is 4. The molecule has 0 bridgehead atoms. The van der Waals surface area contributed by atoms with E-state index in [4.69, 9.17) is 0 Å². The number of nitrogens with zero attached hydrogens (tertiary/aromatic N) is 3. The third kappa shape index (κ3) is 12.8. The predicted octanol–water partition coefficient (Wildman–Crippen LogP) is -7.09. The van der Waals surface area contributed by atoms with Gasteiger partial charge in [-0.05, 0) is 6.54 Å². The van der Waals surface area contributed by atoms with Gasteiger partial charge >= 0.3 is 0 Å². The van der Waals surface area contributed by atoms with Crippen molar-refractivity contribution in [1.82, 2.24) is 14.7 Å². The molecule has 11 nitrogen and oxygen atoms in total. The van der Waals surface area contributed by atoms with Crippen LogP contribution in [-0.2, 0) is 19.2 Å². The SMILES string of the molecule is CCN(CCN(CC(=O)[O-])CC(=O)[O-])CCN(CC(=O)[O-])CC(=O)[O-]. The number of aliphatic carboxylic acids is 4. The van der Waals surface area contributed by atoms with Crippen molar-refractivity contribution in [3.8, 4) is 0 Å². The molecule has 0 rings (SSSR count). The highest BCUT2D eigenvalue weighted by Crippen LogP contribution is 1.95. The van der Waals surface area contributed by atoms with E-state index in [1.807, 2.05) is 0 Å². The molecule has 0 spiro atoms. The molecular formula is C14H21N3O8-4. The molecule has 0 aromatic rings. The molecule has 0 fully saturated rings. The van der Waals surface area contributed by atoms with Crippen molar-refractivity contribution in [2.45, 2.75) is 6.92 Å². The van der Waals surface area contributed by atoms with Gasteiger partial charge in [0.1, 0.15) is 0 Å². The Morgan fingerprint density at radius 2 is 0.800 bits per heavy atom. The van der Waals surface area contributed by atoms with Crippen molar-refractivity contribution in [2.75, 3.05) is 58.9 Å². The molecule has 0 atom stereocenters. The highest BCUT2D eigenvalue weighted by Gasteiger charge is 2.11. The topological polar surface area (TPSA) is 170 Å². The lowest BCUT2D eigenvalue weighted by Gasteiger charge is -2.30. The normalized spacial score (nSPS) is 11.2. The van der Waals surface area contributed by atoms with Crippen LogP contribution in [0.15, 0.2) is 0 Å². The summed E-state index contributed by atoms with van der Waals surface area (Å²) in [6.07, 6.45) is 0. The quantitative estimate of drug-likeness (QED) is 0.272. The number of hydrogen-bond acceptors (Lipinski definition) is 11. The summed E-state index contributed by atoms with van der Waals surface area (Å²) in [5.41, 5.74) is 0. The minimum absolute atomic E-state index is 0.108. The zero-order valence-corrected chi connectivity index (χ0v) is 14.0. The van der Waals surface area contributed by atoms with E-state index in [9.17, 15) is 39.6 Å². The van der Waals surface area contributed by atoms with Gasteiger partial charge < -0.3 is 44.5 Å². The lowest BCUT2D eigenvalue weighted by atomic mass is 10.3. The van der Waals surface area contributed by atoms with Gasteiger partial charge in [-0.15, -0.1) is 0 Å². The van der Waals surface area contributed by atoms with Crippen molar-refractivity contribution in [2.24, 2.45) is 0 Å². The van der Waals surface area contributed by atoms with Crippen LogP contribution in [0.25, 0.3) is 0 Å². The van der Waals surface area contributed by atoms with Crippen molar-refractivity contribution < 1.29 is 39.6 Å². The molecule has 0 aliphatic rings. The summed E-state index contributed by atoms with van der Waals surface area (Å²) in [4.78, 5) is 46.5. The Bertz CT molecular complexity index is 399. The Hall–Kier alpha value is -2.24. The van der Waals surface area contributed by atoms with E-state index in [1.165, 1.54) is 0 Å². The van der Waals surface area contributed by atoms with Crippen LogP contribution in [-0.4, -0.2) is 97.5 Å². The smallest absolute Gasteiger partial charge is 0.0555 e. The van der Waals surface area contributed by atoms with Gasteiger partial charge in [0.25, 0.3) is 0 Å². The van der Waals surface area contributed by atoms with Crippen LogP contribution >= 0.6 is 0 Å². The number of likely N-dealkylation sites (N-methyl/N-ethyl adjacent to an activating group) is 1. The Labute approximate surface area is 145 Å². The van der Waals surface area contributed by atoms with Gasteiger partial charge in [0.05, 0.1) is 23.9 Å². The summed E-state index contributed by atoms with van der Waals surface area (Å²) in [6.45, 7) is 0.857. The Balaban J connectivity index is 4.53. The van der Waals surface area contributed by atoms with Gasteiger partial charge in [-0.3, -0.25) is 9.80 Å². The van der Waals surface area contributed by atoms with E-state index in [0.29, 0.717) is 19.6 Å². The maximum atomic E-state index is 10.6. The molecular weight excluding hydrogens is 338 g/mol. The standard InChI is InChI=1S/C14H25N3O8/c1-2-15(3-5-16(7-11(18)19)8-12(20)21)4-6-17(9-13(22)23)10-14(24)25/h2-10H2,1H3,(H,18,19)(H,20,21)(H,22,23)(H,24,25)/p-4. The highest BCUT2D eigenvalue weighted by molar-refractivity contribution is 5.70. The monoisotopic (exact) mass is 359 g/mol. The fraction of sp³-hybridized carbons (Fsp3) is 0.714. The Morgan fingerprint density at radius 3 is 1.00 bits per heavy atom. The van der Waals surface area contributed by atoms with Crippen LogP contribution in [0, 0.1) is 0 Å². The Kier molecular flexibility index (Phi) is 11.1. The first-order valence-corrected chi connectivity index (χ1v) is 7.60. The highest BCUT2D eigenvalue weighted by atomic mass is 16.4. The molecule has 0 saturated heterocycles. The number of rotatable bonds is 15. The van der Waals surface area contributed by atoms with Crippen LogP contribution in [0.3, 0.4) is 0 Å². The third-order valence-corrected chi connectivity index (χ3v) is 3.32. The summed E-state index contributed by atoms with van der Waals surface area (Å²) in [5, 5.41) is 42.5. The zero-order valence-electron chi connectivity index (χ0n) is 14.0. The van der Waals surface area contributed by atoms with E-state index < -0.39 is 50.1 Å². The molecule has 0 unspecified atom stereocenters. The van der Waals surface area contributed by atoms with Crippen molar-refractivity contribution in [3.05, 3.63) is 0 Å².